The summed E-state index contributed by atoms with van der Waals surface area (Å²) in [6, 6.07) is 5.73. The van der Waals surface area contributed by atoms with Crippen molar-refractivity contribution in [3.05, 3.63) is 34.9 Å². The van der Waals surface area contributed by atoms with Crippen LogP contribution in [0.15, 0.2) is 18.2 Å². The summed E-state index contributed by atoms with van der Waals surface area (Å²) in [5.74, 6) is -0.191. The van der Waals surface area contributed by atoms with Crippen molar-refractivity contribution < 1.29 is 9.63 Å². The third-order valence-electron chi connectivity index (χ3n) is 2.90. The van der Waals surface area contributed by atoms with Crippen molar-refractivity contribution in [3.8, 4) is 0 Å². The van der Waals surface area contributed by atoms with Gasteiger partial charge in [-0.25, -0.2) is 5.48 Å². The molecule has 1 N–H and O–H groups in total. The van der Waals surface area contributed by atoms with Crippen molar-refractivity contribution in [2.45, 2.75) is 46.6 Å². The number of hydrogen-bond donors (Lipinski definition) is 1. The number of carbonyl (C=O) groups is 1. The molecule has 0 aliphatic carbocycles. The number of carbonyl (C=O) groups excluding carboxylic acids is 1. The lowest BCUT2D eigenvalue weighted by molar-refractivity contribution is -0.0720. The highest BCUT2D eigenvalue weighted by Gasteiger charge is 2.18. The molecule has 1 amide bonds. The van der Waals surface area contributed by atoms with E-state index in [9.17, 15) is 4.79 Å². The van der Waals surface area contributed by atoms with Crippen LogP contribution in [-0.4, -0.2) is 11.5 Å². The van der Waals surface area contributed by atoms with E-state index in [1.807, 2.05) is 52.8 Å². The summed E-state index contributed by atoms with van der Waals surface area (Å²) in [5.41, 5.74) is 4.93. The Morgan fingerprint density at radius 3 is 2.53 bits per heavy atom. The summed E-state index contributed by atoms with van der Waals surface area (Å²) in [7, 11) is 0. The molecule has 0 saturated carbocycles. The fraction of sp³-hybridized carbons (Fsp3) is 0.500. The Bertz CT molecular complexity index is 411. The van der Waals surface area contributed by atoms with Crippen molar-refractivity contribution in [3.63, 3.8) is 0 Å². The number of hydrogen-bond acceptors (Lipinski definition) is 2. The summed E-state index contributed by atoms with van der Waals surface area (Å²) >= 11 is 0. The van der Waals surface area contributed by atoms with Crippen LogP contribution < -0.4 is 5.48 Å². The monoisotopic (exact) mass is 235 g/mol. The summed E-state index contributed by atoms with van der Waals surface area (Å²) < 4.78 is 0. The van der Waals surface area contributed by atoms with E-state index in [4.69, 9.17) is 4.84 Å². The van der Waals surface area contributed by atoms with Gasteiger partial charge in [0.1, 0.15) is 0 Å². The molecule has 1 aromatic rings. The Morgan fingerprint density at radius 2 is 2.00 bits per heavy atom. The largest absolute Gasteiger partial charge is 0.275 e. The van der Waals surface area contributed by atoms with E-state index in [2.05, 4.69) is 5.48 Å². The highest BCUT2D eigenvalue weighted by Crippen LogP contribution is 2.13. The first-order valence-corrected chi connectivity index (χ1v) is 5.91. The van der Waals surface area contributed by atoms with E-state index in [1.165, 1.54) is 0 Å². The Labute approximate surface area is 103 Å². The highest BCUT2D eigenvalue weighted by molar-refractivity contribution is 5.94. The van der Waals surface area contributed by atoms with Crippen LogP contribution in [-0.2, 0) is 4.84 Å². The van der Waals surface area contributed by atoms with Gasteiger partial charge in [0.05, 0.1) is 5.60 Å². The predicted molar refractivity (Wildman–Crippen MR) is 68.8 cm³/mol. The van der Waals surface area contributed by atoms with E-state index in [0.717, 1.165) is 17.5 Å². The quantitative estimate of drug-likeness (QED) is 0.814. The maximum Gasteiger partial charge on any atom is 0.275 e. The zero-order valence-electron chi connectivity index (χ0n) is 11.3. The molecule has 0 aromatic heterocycles. The molecular weight excluding hydrogens is 214 g/mol. The van der Waals surface area contributed by atoms with Crippen LogP contribution in [0.5, 0.6) is 0 Å². The van der Waals surface area contributed by atoms with Gasteiger partial charge in [0.15, 0.2) is 0 Å². The molecular formula is C14H21NO2. The Morgan fingerprint density at radius 1 is 1.35 bits per heavy atom. The van der Waals surface area contributed by atoms with Crippen LogP contribution in [0.2, 0.25) is 0 Å². The number of nitrogens with one attached hydrogen (secondary N) is 1. The standard InChI is InChI=1S/C14H21NO2/c1-6-14(4,5)17-15-13(16)12-8-7-10(2)9-11(12)3/h7-9H,6H2,1-5H3,(H,15,16). The molecule has 3 heteroatoms. The van der Waals surface area contributed by atoms with Gasteiger partial charge in [-0.05, 0) is 45.7 Å². The van der Waals surface area contributed by atoms with Gasteiger partial charge in [-0.15, -0.1) is 0 Å². The van der Waals surface area contributed by atoms with Gasteiger partial charge in [-0.1, -0.05) is 24.6 Å². The van der Waals surface area contributed by atoms with E-state index >= 15 is 0 Å². The second-order valence-electron chi connectivity index (χ2n) is 4.96. The Balaban J connectivity index is 2.71. The molecule has 0 saturated heterocycles. The molecule has 17 heavy (non-hydrogen) atoms. The number of amides is 1. The van der Waals surface area contributed by atoms with Crippen molar-refractivity contribution in [1.82, 2.24) is 5.48 Å². The lowest BCUT2D eigenvalue weighted by atomic mass is 10.1. The first-order valence-electron chi connectivity index (χ1n) is 5.91. The third kappa shape index (κ3) is 3.86. The van der Waals surface area contributed by atoms with Gasteiger partial charge in [0.25, 0.3) is 5.91 Å². The smallest absolute Gasteiger partial charge is 0.267 e. The van der Waals surface area contributed by atoms with Crippen molar-refractivity contribution in [2.24, 2.45) is 0 Å². The molecule has 1 rings (SSSR count). The minimum Gasteiger partial charge on any atom is -0.267 e. The molecule has 1 aromatic carbocycles. The molecule has 0 radical (unpaired) electrons. The summed E-state index contributed by atoms with van der Waals surface area (Å²) in [6.07, 6.45) is 0.833. The molecule has 94 valence electrons. The normalized spacial score (nSPS) is 11.4. The molecule has 0 bridgehead atoms. The van der Waals surface area contributed by atoms with Crippen molar-refractivity contribution in [2.75, 3.05) is 0 Å². The maximum atomic E-state index is 11.9. The van der Waals surface area contributed by atoms with Gasteiger partial charge in [0.2, 0.25) is 0 Å². The minimum absolute atomic E-state index is 0.191. The van der Waals surface area contributed by atoms with Gasteiger partial charge >= 0.3 is 0 Å². The summed E-state index contributed by atoms with van der Waals surface area (Å²) in [6.45, 7) is 9.83. The van der Waals surface area contributed by atoms with Crippen molar-refractivity contribution in [1.29, 1.82) is 0 Å². The second-order valence-corrected chi connectivity index (χ2v) is 4.96. The van der Waals surface area contributed by atoms with Crippen LogP contribution in [0.25, 0.3) is 0 Å². The molecule has 0 fully saturated rings. The fourth-order valence-corrected chi connectivity index (χ4v) is 1.38. The summed E-state index contributed by atoms with van der Waals surface area (Å²) in [5, 5.41) is 0. The van der Waals surface area contributed by atoms with Gasteiger partial charge in [-0.3, -0.25) is 9.63 Å². The van der Waals surface area contributed by atoms with E-state index in [-0.39, 0.29) is 11.5 Å². The molecule has 3 nitrogen and oxygen atoms in total. The molecule has 0 aliphatic rings. The molecule has 0 atom stereocenters. The third-order valence-corrected chi connectivity index (χ3v) is 2.90. The van der Waals surface area contributed by atoms with Crippen LogP contribution >= 0.6 is 0 Å². The zero-order chi connectivity index (χ0) is 13.1. The molecule has 0 heterocycles. The zero-order valence-corrected chi connectivity index (χ0v) is 11.3. The van der Waals surface area contributed by atoms with E-state index in [0.29, 0.717) is 5.56 Å². The van der Waals surface area contributed by atoms with Crippen LogP contribution in [0.4, 0.5) is 0 Å². The van der Waals surface area contributed by atoms with Crippen LogP contribution in [0.3, 0.4) is 0 Å². The number of benzene rings is 1. The second kappa shape index (κ2) is 5.32. The van der Waals surface area contributed by atoms with Crippen LogP contribution in [0, 0.1) is 13.8 Å². The lowest BCUT2D eigenvalue weighted by Gasteiger charge is -2.22. The summed E-state index contributed by atoms with van der Waals surface area (Å²) in [4.78, 5) is 17.3. The van der Waals surface area contributed by atoms with E-state index < -0.39 is 0 Å². The average Bonchev–Trinajstić information content (AvgIpc) is 2.26. The van der Waals surface area contributed by atoms with Gasteiger partial charge in [0, 0.05) is 5.56 Å². The lowest BCUT2D eigenvalue weighted by Crippen LogP contribution is -2.35. The Kier molecular flexibility index (Phi) is 4.29. The average molecular weight is 235 g/mol. The van der Waals surface area contributed by atoms with Gasteiger partial charge < -0.3 is 0 Å². The number of rotatable bonds is 4. The molecule has 0 unspecified atom stereocenters. The molecule has 0 spiro atoms. The first-order chi connectivity index (χ1) is 7.85. The molecule has 0 aliphatic heterocycles. The topological polar surface area (TPSA) is 38.3 Å². The highest BCUT2D eigenvalue weighted by atomic mass is 16.7. The van der Waals surface area contributed by atoms with Crippen molar-refractivity contribution >= 4 is 5.91 Å². The SMILES string of the molecule is CCC(C)(C)ONC(=O)c1ccc(C)cc1C. The van der Waals surface area contributed by atoms with Gasteiger partial charge in [-0.2, -0.15) is 0 Å². The van der Waals surface area contributed by atoms with E-state index in [1.54, 1.807) is 0 Å². The minimum atomic E-state index is -0.339. The number of hydroxylamine groups is 1. The maximum absolute atomic E-state index is 11.9. The first kappa shape index (κ1) is 13.7. The fourth-order valence-electron chi connectivity index (χ4n) is 1.38. The Hall–Kier alpha value is -1.35. The predicted octanol–water partition coefficient (Wildman–Crippen LogP) is 3.15. The number of aryl methyl sites for hydroxylation is 2. The van der Waals surface area contributed by atoms with Crippen LogP contribution in [0.1, 0.15) is 48.7 Å².